The highest BCUT2D eigenvalue weighted by Crippen LogP contribution is 2.50. The van der Waals surface area contributed by atoms with Gasteiger partial charge in [0.15, 0.2) is 0 Å². The molecule has 12 heteroatoms. The van der Waals surface area contributed by atoms with Gasteiger partial charge in [0, 0.05) is 12.1 Å². The Hall–Kier alpha value is -0.760. The van der Waals surface area contributed by atoms with Crippen LogP contribution in [0.5, 0.6) is 0 Å². The van der Waals surface area contributed by atoms with Crippen molar-refractivity contribution < 1.29 is 36.8 Å². The Kier molecular flexibility index (Phi) is 10.9. The van der Waals surface area contributed by atoms with Crippen molar-refractivity contribution in [2.75, 3.05) is 26.4 Å². The van der Waals surface area contributed by atoms with E-state index < -0.39 is 38.6 Å². The maximum atomic E-state index is 12.6. The van der Waals surface area contributed by atoms with Crippen molar-refractivity contribution in [2.24, 2.45) is 0 Å². The van der Waals surface area contributed by atoms with Gasteiger partial charge >= 0.3 is 26.5 Å². The Morgan fingerprint density at radius 1 is 0.714 bits per heavy atom. The quantitative estimate of drug-likeness (QED) is 0.429. The van der Waals surface area contributed by atoms with E-state index in [4.69, 9.17) is 18.1 Å². The van der Waals surface area contributed by atoms with Crippen LogP contribution in [0.4, 0.5) is 9.59 Å². The van der Waals surface area contributed by atoms with Gasteiger partial charge < -0.3 is 28.7 Å². The lowest BCUT2D eigenvalue weighted by molar-refractivity contribution is 0.195. The van der Waals surface area contributed by atoms with Crippen molar-refractivity contribution in [2.45, 2.75) is 65.5 Å². The van der Waals surface area contributed by atoms with Gasteiger partial charge in [-0.05, 0) is 40.5 Å². The van der Waals surface area contributed by atoms with Gasteiger partial charge in [0.1, 0.15) is 0 Å². The van der Waals surface area contributed by atoms with Crippen LogP contribution in [0.2, 0.25) is 0 Å². The molecule has 28 heavy (non-hydrogen) atoms. The molecule has 0 spiro atoms. The fourth-order valence-corrected chi connectivity index (χ4v) is 5.57. The Balaban J connectivity index is 2.88. The molecule has 2 N–H and O–H groups in total. The molecule has 0 aliphatic heterocycles. The van der Waals surface area contributed by atoms with Gasteiger partial charge in [0.2, 0.25) is 0 Å². The van der Waals surface area contributed by atoms with Crippen LogP contribution in [0.15, 0.2) is 0 Å². The topological polar surface area (TPSA) is 129 Å². The van der Waals surface area contributed by atoms with Crippen LogP contribution in [0.1, 0.15) is 53.4 Å². The molecule has 2 amide bonds. The number of amides is 2. The molecule has 0 aromatic heterocycles. The Morgan fingerprint density at radius 2 is 1.00 bits per heavy atom. The van der Waals surface area contributed by atoms with Crippen molar-refractivity contribution in [3.63, 3.8) is 0 Å². The van der Waals surface area contributed by atoms with E-state index in [1.807, 2.05) is 0 Å². The largest absolute Gasteiger partial charge is 0.418 e. The normalized spacial score (nSPS) is 20.6. The maximum Gasteiger partial charge on any atom is 0.418 e. The standard InChI is InChI=1S/C16H32N2O8P2/c1-5-23-27(21,24-6-2)15(19)17-13-11-9-10-12-14(13)18-16(20)28(22,25-7-3)26-8-4/h13-14H,5-12H2,1-4H3,(H,17,19)(H,18,20)/t13-,14+. The molecule has 0 bridgehead atoms. The summed E-state index contributed by atoms with van der Waals surface area (Å²) in [6.45, 7) is 6.68. The summed E-state index contributed by atoms with van der Waals surface area (Å²) in [5, 5.41) is 5.32. The van der Waals surface area contributed by atoms with Gasteiger partial charge in [0.25, 0.3) is 0 Å². The molecular weight excluding hydrogens is 410 g/mol. The third-order valence-electron chi connectivity index (χ3n) is 4.08. The van der Waals surface area contributed by atoms with Crippen molar-refractivity contribution in [1.82, 2.24) is 10.6 Å². The van der Waals surface area contributed by atoms with Gasteiger partial charge in [-0.1, -0.05) is 12.8 Å². The minimum atomic E-state index is -3.96. The number of hydrogen-bond acceptors (Lipinski definition) is 8. The maximum absolute atomic E-state index is 12.6. The summed E-state index contributed by atoms with van der Waals surface area (Å²) < 4.78 is 45.5. The summed E-state index contributed by atoms with van der Waals surface area (Å²) in [6.07, 6.45) is 2.75. The number of hydrogen-bond donors (Lipinski definition) is 2. The lowest BCUT2D eigenvalue weighted by atomic mass is 9.90. The van der Waals surface area contributed by atoms with Crippen molar-refractivity contribution >= 4 is 26.5 Å². The molecular formula is C16H32N2O8P2. The second-order valence-corrected chi connectivity index (χ2v) is 9.90. The number of nitrogens with one attached hydrogen (secondary N) is 2. The molecule has 1 fully saturated rings. The molecule has 0 aromatic carbocycles. The van der Waals surface area contributed by atoms with Crippen LogP contribution in [-0.2, 0) is 27.2 Å². The minimum Gasteiger partial charge on any atom is -0.341 e. The summed E-state index contributed by atoms with van der Waals surface area (Å²) in [7, 11) is -7.92. The number of carbonyl (C=O) groups is 2. The van der Waals surface area contributed by atoms with Crippen LogP contribution in [0, 0.1) is 0 Å². The van der Waals surface area contributed by atoms with E-state index in [1.165, 1.54) is 0 Å². The minimum absolute atomic E-state index is 0.0570. The van der Waals surface area contributed by atoms with Gasteiger partial charge in [-0.15, -0.1) is 0 Å². The van der Waals surface area contributed by atoms with Gasteiger partial charge in [-0.2, -0.15) is 0 Å². The van der Waals surface area contributed by atoms with E-state index >= 15 is 0 Å². The van der Waals surface area contributed by atoms with Gasteiger partial charge in [-0.25, -0.2) is 9.13 Å². The summed E-state index contributed by atoms with van der Waals surface area (Å²) in [6, 6.07) is -1.01. The summed E-state index contributed by atoms with van der Waals surface area (Å²) in [5.74, 6) is 0. The highest BCUT2D eigenvalue weighted by atomic mass is 31.2. The fraction of sp³-hybridized carbons (Fsp3) is 0.875. The first-order chi connectivity index (χ1) is 13.3. The molecule has 1 saturated carbocycles. The average molecular weight is 442 g/mol. The zero-order valence-electron chi connectivity index (χ0n) is 17.0. The van der Waals surface area contributed by atoms with E-state index in [-0.39, 0.29) is 26.4 Å². The van der Waals surface area contributed by atoms with E-state index in [0.29, 0.717) is 12.8 Å². The molecule has 2 atom stereocenters. The lowest BCUT2D eigenvalue weighted by Gasteiger charge is -2.33. The Bertz CT molecular complexity index is 543. The predicted molar refractivity (Wildman–Crippen MR) is 105 cm³/mol. The molecule has 0 unspecified atom stereocenters. The molecule has 0 saturated heterocycles. The van der Waals surface area contributed by atoms with E-state index in [2.05, 4.69) is 10.6 Å². The summed E-state index contributed by atoms with van der Waals surface area (Å²) in [5.41, 5.74) is -1.69. The third-order valence-corrected chi connectivity index (χ3v) is 7.72. The SMILES string of the molecule is CCOP(=O)(OCC)C(=O)N[C@H]1CCCC[C@H]1NC(=O)P(=O)(OCC)OCC. The van der Waals surface area contributed by atoms with Crippen LogP contribution >= 0.6 is 15.2 Å². The molecule has 1 aliphatic carbocycles. The van der Waals surface area contributed by atoms with E-state index in [1.54, 1.807) is 27.7 Å². The molecule has 0 aromatic rings. The number of carbonyl (C=O) groups excluding carboxylic acids is 2. The van der Waals surface area contributed by atoms with Gasteiger partial charge in [-0.3, -0.25) is 9.59 Å². The first-order valence-corrected chi connectivity index (χ1v) is 12.7. The molecule has 1 rings (SSSR count). The van der Waals surface area contributed by atoms with E-state index in [9.17, 15) is 18.7 Å². The average Bonchev–Trinajstić information content (AvgIpc) is 2.64. The second-order valence-electron chi connectivity index (χ2n) is 6.06. The highest BCUT2D eigenvalue weighted by Gasteiger charge is 2.41. The summed E-state index contributed by atoms with van der Waals surface area (Å²) in [4.78, 5) is 25.0. The third kappa shape index (κ3) is 6.94. The van der Waals surface area contributed by atoms with E-state index in [0.717, 1.165) is 12.8 Å². The molecule has 10 nitrogen and oxygen atoms in total. The zero-order chi connectivity index (χ0) is 21.2. The fourth-order valence-electron chi connectivity index (χ4n) is 2.94. The second kappa shape index (κ2) is 12.1. The number of rotatable bonds is 12. The van der Waals surface area contributed by atoms with Crippen molar-refractivity contribution in [1.29, 1.82) is 0 Å². The molecule has 0 radical (unpaired) electrons. The molecule has 0 heterocycles. The van der Waals surface area contributed by atoms with Gasteiger partial charge in [0.05, 0.1) is 26.4 Å². The monoisotopic (exact) mass is 442 g/mol. The van der Waals surface area contributed by atoms with Crippen LogP contribution in [0.25, 0.3) is 0 Å². The Labute approximate surface area is 166 Å². The lowest BCUT2D eigenvalue weighted by Crippen LogP contribution is -2.52. The smallest absolute Gasteiger partial charge is 0.341 e. The molecule has 1 aliphatic rings. The van der Waals surface area contributed by atoms with Crippen molar-refractivity contribution in [3.8, 4) is 0 Å². The summed E-state index contributed by atoms with van der Waals surface area (Å²) >= 11 is 0. The Morgan fingerprint density at radius 3 is 1.25 bits per heavy atom. The van der Waals surface area contributed by atoms with Crippen LogP contribution < -0.4 is 10.6 Å². The first kappa shape index (κ1) is 25.3. The van der Waals surface area contributed by atoms with Crippen molar-refractivity contribution in [3.05, 3.63) is 0 Å². The highest BCUT2D eigenvalue weighted by molar-refractivity contribution is 7.72. The molecule has 164 valence electrons. The predicted octanol–water partition coefficient (Wildman–Crippen LogP) is 4.25. The van der Waals surface area contributed by atoms with Crippen LogP contribution in [0.3, 0.4) is 0 Å². The zero-order valence-corrected chi connectivity index (χ0v) is 18.8. The van der Waals surface area contributed by atoms with Crippen LogP contribution in [-0.4, -0.2) is 49.8 Å². The first-order valence-electron chi connectivity index (χ1n) is 9.66.